The summed E-state index contributed by atoms with van der Waals surface area (Å²) in [6, 6.07) is 8.03. The van der Waals surface area contributed by atoms with Crippen LogP contribution >= 0.6 is 15.9 Å². The number of aromatic amines is 1. The van der Waals surface area contributed by atoms with Gasteiger partial charge in [-0.2, -0.15) is 0 Å². The van der Waals surface area contributed by atoms with Crippen molar-refractivity contribution in [2.75, 3.05) is 6.54 Å². The van der Waals surface area contributed by atoms with Crippen molar-refractivity contribution in [2.24, 2.45) is 5.41 Å². The van der Waals surface area contributed by atoms with Crippen LogP contribution in [-0.2, 0) is 9.53 Å². The minimum atomic E-state index is -0.513. The molecule has 6 heteroatoms. The van der Waals surface area contributed by atoms with Gasteiger partial charge in [0.25, 0.3) is 0 Å². The lowest BCUT2D eigenvalue weighted by Gasteiger charge is -2.23. The van der Waals surface area contributed by atoms with Gasteiger partial charge in [0.15, 0.2) is 6.23 Å². The molecule has 1 aromatic carbocycles. The molecule has 1 unspecified atom stereocenters. The van der Waals surface area contributed by atoms with Gasteiger partial charge in [-0.1, -0.05) is 28.1 Å². The number of ether oxygens (including phenoxy) is 1. The number of H-pyrrole nitrogens is 1. The summed E-state index contributed by atoms with van der Waals surface area (Å²) >= 11 is 3.44. The Balaban J connectivity index is 1.76. The van der Waals surface area contributed by atoms with E-state index in [1.165, 1.54) is 0 Å². The second kappa shape index (κ2) is 6.69. The number of halogens is 1. The van der Waals surface area contributed by atoms with Crippen LogP contribution in [-0.4, -0.2) is 28.7 Å². The highest BCUT2D eigenvalue weighted by atomic mass is 79.9. The molecule has 1 fully saturated rings. The molecule has 2 aromatic rings. The lowest BCUT2D eigenvalue weighted by atomic mass is 9.97. The van der Waals surface area contributed by atoms with E-state index >= 15 is 0 Å². The van der Waals surface area contributed by atoms with Crippen LogP contribution in [0.1, 0.15) is 38.9 Å². The molecule has 24 heavy (non-hydrogen) atoms. The number of benzene rings is 1. The third-order valence-corrected chi connectivity index (χ3v) is 4.63. The number of esters is 1. The van der Waals surface area contributed by atoms with Crippen LogP contribution in [0.3, 0.4) is 0 Å². The summed E-state index contributed by atoms with van der Waals surface area (Å²) in [7, 11) is 0. The molecule has 0 bridgehead atoms. The smallest absolute Gasteiger partial charge is 0.312 e. The summed E-state index contributed by atoms with van der Waals surface area (Å²) in [6.07, 6.45) is 2.45. The Bertz CT molecular complexity index is 719. The van der Waals surface area contributed by atoms with Gasteiger partial charge >= 0.3 is 5.97 Å². The van der Waals surface area contributed by atoms with E-state index < -0.39 is 5.41 Å². The van der Waals surface area contributed by atoms with Crippen molar-refractivity contribution in [3.8, 4) is 11.3 Å². The Morgan fingerprint density at radius 1 is 1.29 bits per heavy atom. The monoisotopic (exact) mass is 391 g/mol. The van der Waals surface area contributed by atoms with Gasteiger partial charge in [-0.25, -0.2) is 4.98 Å². The van der Waals surface area contributed by atoms with E-state index in [2.05, 4.69) is 26.2 Å². The maximum absolute atomic E-state index is 12.2. The number of hydrogen-bond acceptors (Lipinski definition) is 4. The number of nitrogens with zero attached hydrogens (tertiary/aromatic N) is 1. The lowest BCUT2D eigenvalue weighted by molar-refractivity contribution is -0.160. The molecular formula is C18H22BrN3O2. The van der Waals surface area contributed by atoms with E-state index in [4.69, 9.17) is 9.72 Å². The Labute approximate surface area is 150 Å². The third kappa shape index (κ3) is 3.70. The second-order valence-electron chi connectivity index (χ2n) is 7.10. The Kier molecular flexibility index (Phi) is 4.78. The first kappa shape index (κ1) is 17.2. The minimum absolute atomic E-state index is 0.0421. The molecule has 1 aliphatic heterocycles. The molecule has 2 N–H and O–H groups in total. The van der Waals surface area contributed by atoms with Gasteiger partial charge in [0.1, 0.15) is 5.82 Å². The van der Waals surface area contributed by atoms with Crippen molar-refractivity contribution in [2.45, 2.75) is 39.3 Å². The predicted octanol–water partition coefficient (Wildman–Crippen LogP) is 3.83. The summed E-state index contributed by atoms with van der Waals surface area (Å²) in [6.45, 7) is 6.38. The standard InChI is InChI=1S/C18H22BrN3O2/c1-18(2,3)17(23)24-16-13(8-9-20-16)15-21-10-14(22-15)11-4-6-12(19)7-5-11/h4-7,10,13,16,20H,8-9H2,1-3H3,(H,21,22)/t13-,16?/m0/s1. The van der Waals surface area contributed by atoms with E-state index in [-0.39, 0.29) is 18.1 Å². The quantitative estimate of drug-likeness (QED) is 0.780. The van der Waals surface area contributed by atoms with E-state index in [0.717, 1.165) is 34.5 Å². The first-order valence-electron chi connectivity index (χ1n) is 8.10. The molecule has 0 saturated carbocycles. The Morgan fingerprint density at radius 2 is 2.00 bits per heavy atom. The van der Waals surface area contributed by atoms with Crippen LogP contribution in [0.2, 0.25) is 0 Å². The second-order valence-corrected chi connectivity index (χ2v) is 8.02. The normalized spacial score (nSPS) is 21.0. The topological polar surface area (TPSA) is 67.0 Å². The molecule has 5 nitrogen and oxygen atoms in total. The molecule has 0 spiro atoms. The first-order chi connectivity index (χ1) is 11.3. The third-order valence-electron chi connectivity index (χ3n) is 4.10. The maximum atomic E-state index is 12.2. The molecule has 0 amide bonds. The van der Waals surface area contributed by atoms with Crippen molar-refractivity contribution < 1.29 is 9.53 Å². The minimum Gasteiger partial charge on any atom is -0.445 e. The molecule has 1 aromatic heterocycles. The fraction of sp³-hybridized carbons (Fsp3) is 0.444. The largest absolute Gasteiger partial charge is 0.445 e. The van der Waals surface area contributed by atoms with E-state index in [9.17, 15) is 4.79 Å². The van der Waals surface area contributed by atoms with Crippen LogP contribution in [0.15, 0.2) is 34.9 Å². The van der Waals surface area contributed by atoms with Crippen LogP contribution in [0.25, 0.3) is 11.3 Å². The van der Waals surface area contributed by atoms with Crippen LogP contribution in [0.4, 0.5) is 0 Å². The molecule has 1 saturated heterocycles. The highest BCUT2D eigenvalue weighted by Gasteiger charge is 2.36. The number of aromatic nitrogens is 2. The van der Waals surface area contributed by atoms with Crippen molar-refractivity contribution in [3.05, 3.63) is 40.8 Å². The molecule has 3 rings (SSSR count). The van der Waals surface area contributed by atoms with Gasteiger partial charge in [0, 0.05) is 16.2 Å². The summed E-state index contributed by atoms with van der Waals surface area (Å²) in [5, 5.41) is 3.26. The molecular weight excluding hydrogens is 370 g/mol. The van der Waals surface area contributed by atoms with Crippen molar-refractivity contribution in [1.82, 2.24) is 15.3 Å². The van der Waals surface area contributed by atoms with Crippen molar-refractivity contribution in [1.29, 1.82) is 0 Å². The molecule has 0 radical (unpaired) electrons. The van der Waals surface area contributed by atoms with Gasteiger partial charge in [-0.05, 0) is 45.9 Å². The highest BCUT2D eigenvalue weighted by molar-refractivity contribution is 9.10. The van der Waals surface area contributed by atoms with Gasteiger partial charge in [0.05, 0.1) is 17.0 Å². The van der Waals surface area contributed by atoms with E-state index in [1.807, 2.05) is 51.2 Å². The van der Waals surface area contributed by atoms with Crippen molar-refractivity contribution in [3.63, 3.8) is 0 Å². The fourth-order valence-electron chi connectivity index (χ4n) is 2.67. The molecule has 2 atom stereocenters. The zero-order valence-electron chi connectivity index (χ0n) is 14.1. The zero-order chi connectivity index (χ0) is 17.3. The van der Waals surface area contributed by atoms with Crippen LogP contribution in [0, 0.1) is 5.41 Å². The molecule has 128 valence electrons. The number of carbonyl (C=O) groups is 1. The predicted molar refractivity (Wildman–Crippen MR) is 96.4 cm³/mol. The molecule has 0 aliphatic carbocycles. The van der Waals surface area contributed by atoms with Crippen molar-refractivity contribution >= 4 is 21.9 Å². The number of nitrogens with one attached hydrogen (secondary N) is 2. The summed E-state index contributed by atoms with van der Waals surface area (Å²) in [5.41, 5.74) is 1.43. The fourth-order valence-corrected chi connectivity index (χ4v) is 2.93. The number of rotatable bonds is 3. The van der Waals surface area contributed by atoms with Crippen LogP contribution < -0.4 is 5.32 Å². The summed E-state index contributed by atoms with van der Waals surface area (Å²) in [4.78, 5) is 20.1. The van der Waals surface area contributed by atoms with E-state index in [1.54, 1.807) is 0 Å². The van der Waals surface area contributed by atoms with E-state index in [0.29, 0.717) is 0 Å². The average molecular weight is 392 g/mol. The zero-order valence-corrected chi connectivity index (χ0v) is 15.7. The van der Waals surface area contributed by atoms with Gasteiger partial charge in [0.2, 0.25) is 0 Å². The lowest BCUT2D eigenvalue weighted by Crippen LogP contribution is -2.36. The molecule has 2 heterocycles. The SMILES string of the molecule is CC(C)(C)C(=O)OC1NCC[C@H]1c1nc(-c2ccc(Br)cc2)c[nH]1. The maximum Gasteiger partial charge on any atom is 0.312 e. The molecule has 1 aliphatic rings. The number of imidazole rings is 1. The van der Waals surface area contributed by atoms with Gasteiger partial charge in [-0.15, -0.1) is 0 Å². The summed E-state index contributed by atoms with van der Waals surface area (Å²) in [5.74, 6) is 0.691. The first-order valence-corrected chi connectivity index (χ1v) is 8.89. The number of hydrogen-bond donors (Lipinski definition) is 2. The highest BCUT2D eigenvalue weighted by Crippen LogP contribution is 2.30. The number of carbonyl (C=O) groups excluding carboxylic acids is 1. The summed E-state index contributed by atoms with van der Waals surface area (Å²) < 4.78 is 6.70. The Morgan fingerprint density at radius 3 is 2.67 bits per heavy atom. The average Bonchev–Trinajstić information content (AvgIpc) is 3.15. The van der Waals surface area contributed by atoms with Gasteiger partial charge < -0.3 is 9.72 Å². The Hall–Kier alpha value is -1.66. The van der Waals surface area contributed by atoms with Crippen LogP contribution in [0.5, 0.6) is 0 Å². The van der Waals surface area contributed by atoms with Gasteiger partial charge in [-0.3, -0.25) is 10.1 Å².